The van der Waals surface area contributed by atoms with Crippen molar-refractivity contribution in [3.63, 3.8) is 0 Å². The monoisotopic (exact) mass is 499 g/mol. The summed E-state index contributed by atoms with van der Waals surface area (Å²) in [6.45, 7) is 9.65. The average Bonchev–Trinajstić information content (AvgIpc) is 2.83. The van der Waals surface area contributed by atoms with Crippen molar-refractivity contribution >= 4 is 24.0 Å². The van der Waals surface area contributed by atoms with Crippen LogP contribution in [0.5, 0.6) is 0 Å². The van der Waals surface area contributed by atoms with Crippen molar-refractivity contribution in [2.75, 3.05) is 12.0 Å². The van der Waals surface area contributed by atoms with E-state index in [1.807, 2.05) is 48.5 Å². The zero-order valence-corrected chi connectivity index (χ0v) is 20.3. The minimum Gasteiger partial charge on any atom is -0.372 e. The molecule has 0 aliphatic carbocycles. The molecule has 3 aromatic carbocycles. The highest BCUT2D eigenvalue weighted by atomic mass is 35.5. The maximum absolute atomic E-state index is 12.0. The third-order valence-corrected chi connectivity index (χ3v) is 5.16. The van der Waals surface area contributed by atoms with Crippen LogP contribution in [0.25, 0.3) is 0 Å². The quantitative estimate of drug-likeness (QED) is 0.180. The van der Waals surface area contributed by atoms with E-state index in [0.29, 0.717) is 17.3 Å². The van der Waals surface area contributed by atoms with Gasteiger partial charge in [0.05, 0.1) is 24.0 Å². The van der Waals surface area contributed by atoms with Crippen molar-refractivity contribution < 1.29 is 13.2 Å². The van der Waals surface area contributed by atoms with E-state index in [2.05, 4.69) is 41.1 Å². The second-order valence-electron chi connectivity index (χ2n) is 7.66. The van der Waals surface area contributed by atoms with Crippen LogP contribution < -0.4 is 10.6 Å². The van der Waals surface area contributed by atoms with E-state index in [1.54, 1.807) is 19.1 Å². The van der Waals surface area contributed by atoms with Gasteiger partial charge in [-0.15, -0.1) is 0 Å². The number of benzene rings is 3. The molecule has 1 atom stereocenters. The Morgan fingerprint density at radius 2 is 1.74 bits per heavy atom. The van der Waals surface area contributed by atoms with Gasteiger partial charge in [-0.05, 0) is 56.0 Å². The largest absolute Gasteiger partial charge is 0.416 e. The predicted octanol–water partition coefficient (Wildman–Crippen LogP) is 7.69. The van der Waals surface area contributed by atoms with Crippen molar-refractivity contribution in [1.29, 1.82) is 0 Å². The maximum Gasteiger partial charge on any atom is 0.416 e. The fourth-order valence-electron chi connectivity index (χ4n) is 3.23. The van der Waals surface area contributed by atoms with Gasteiger partial charge in [0, 0.05) is 10.7 Å². The fourth-order valence-corrected chi connectivity index (χ4v) is 3.42. The number of anilines is 1. The molecule has 0 radical (unpaired) electrons. The average molecular weight is 500 g/mol. The van der Waals surface area contributed by atoms with Gasteiger partial charge in [0.1, 0.15) is 0 Å². The minimum atomic E-state index is -4.22. The molecular formula is C28H29ClF3N3. The first kappa shape index (κ1) is 27.9. The number of allylic oxidation sites excluding steroid dienone is 2. The first-order valence-corrected chi connectivity index (χ1v) is 11.3. The molecule has 0 aliphatic rings. The zero-order valence-electron chi connectivity index (χ0n) is 19.5. The van der Waals surface area contributed by atoms with Crippen molar-refractivity contribution in [2.24, 2.45) is 4.99 Å². The number of nitrogens with one attached hydrogen (secondary N) is 2. The number of hydrogen-bond acceptors (Lipinski definition) is 3. The molecule has 7 heteroatoms. The van der Waals surface area contributed by atoms with Crippen LogP contribution in [0.4, 0.5) is 18.9 Å². The normalized spacial score (nSPS) is 12.2. The smallest absolute Gasteiger partial charge is 0.372 e. The topological polar surface area (TPSA) is 36.4 Å². The molecule has 0 aromatic heterocycles. The molecule has 0 heterocycles. The number of alkyl halides is 3. The van der Waals surface area contributed by atoms with Crippen molar-refractivity contribution in [1.82, 2.24) is 5.32 Å². The minimum absolute atomic E-state index is 0.0367. The number of aliphatic imine (C=N–C) groups is 1. The van der Waals surface area contributed by atoms with Gasteiger partial charge in [-0.3, -0.25) is 10.3 Å². The van der Waals surface area contributed by atoms with Crippen molar-refractivity contribution in [2.45, 2.75) is 25.6 Å². The number of aryl methyl sites for hydroxylation is 1. The van der Waals surface area contributed by atoms with E-state index in [9.17, 15) is 13.2 Å². The molecule has 0 bridgehead atoms. The van der Waals surface area contributed by atoms with Crippen LogP contribution in [0.3, 0.4) is 0 Å². The van der Waals surface area contributed by atoms with Gasteiger partial charge in [0.25, 0.3) is 0 Å². The molecule has 0 fully saturated rings. The van der Waals surface area contributed by atoms with Crippen LogP contribution in [-0.4, -0.2) is 19.4 Å². The Balaban J connectivity index is 0.000000328. The Kier molecular flexibility index (Phi) is 11.3. The van der Waals surface area contributed by atoms with E-state index in [4.69, 9.17) is 11.6 Å². The Morgan fingerprint density at radius 1 is 1.03 bits per heavy atom. The number of nitrogens with zero attached hydrogens (tertiary/aromatic N) is 1. The highest BCUT2D eigenvalue weighted by Crippen LogP contribution is 2.29. The van der Waals surface area contributed by atoms with E-state index >= 15 is 0 Å². The van der Waals surface area contributed by atoms with Crippen LogP contribution in [-0.2, 0) is 12.6 Å². The molecule has 0 amide bonds. The molecule has 3 rings (SSSR count). The first-order valence-electron chi connectivity index (χ1n) is 10.9. The van der Waals surface area contributed by atoms with E-state index in [-0.39, 0.29) is 6.04 Å². The molecule has 3 aromatic rings. The van der Waals surface area contributed by atoms with Crippen LogP contribution in [0.15, 0.2) is 108 Å². The third kappa shape index (κ3) is 10.2. The standard InChI is InChI=1S/C20H22ClN3.C8H7F3/c1-3-8-19(22-2)20(13-16-9-5-4-6-10-16)24-15-23-18-12-7-11-17(21)14-18;1-6-3-2-4-7(5-6)8(9,10)11/h3-12,14,20,23-24H,1-2,13,15H2;2-5H,1H3/b19-8-;. The van der Waals surface area contributed by atoms with Gasteiger partial charge in [0.15, 0.2) is 0 Å². The summed E-state index contributed by atoms with van der Waals surface area (Å²) in [7, 11) is 0. The Morgan fingerprint density at radius 3 is 2.31 bits per heavy atom. The van der Waals surface area contributed by atoms with Gasteiger partial charge in [-0.1, -0.05) is 84.4 Å². The molecule has 0 spiro atoms. The third-order valence-electron chi connectivity index (χ3n) is 4.92. The predicted molar refractivity (Wildman–Crippen MR) is 141 cm³/mol. The summed E-state index contributed by atoms with van der Waals surface area (Å²) in [4.78, 5) is 4.14. The number of hydrogen-bond donors (Lipinski definition) is 2. The number of rotatable bonds is 9. The summed E-state index contributed by atoms with van der Waals surface area (Å²) < 4.78 is 35.9. The SMILES string of the molecule is C=C/C=C(\N=C)C(Cc1ccccc1)NCNc1cccc(Cl)c1.Cc1cccc(C(F)(F)F)c1. The van der Waals surface area contributed by atoms with Crippen LogP contribution in [0.1, 0.15) is 16.7 Å². The summed E-state index contributed by atoms with van der Waals surface area (Å²) in [5.41, 5.74) is 3.10. The second kappa shape index (κ2) is 14.1. The molecule has 184 valence electrons. The maximum atomic E-state index is 12.0. The second-order valence-corrected chi connectivity index (χ2v) is 8.10. The van der Waals surface area contributed by atoms with E-state index in [0.717, 1.165) is 29.9 Å². The molecular weight excluding hydrogens is 471 g/mol. The van der Waals surface area contributed by atoms with E-state index < -0.39 is 11.7 Å². The Bertz CT molecular complexity index is 1110. The zero-order chi connectivity index (χ0) is 25.7. The van der Waals surface area contributed by atoms with E-state index in [1.165, 1.54) is 11.6 Å². The summed E-state index contributed by atoms with van der Waals surface area (Å²) in [6.07, 6.45) is 0.212. The van der Waals surface area contributed by atoms with Gasteiger partial charge in [-0.2, -0.15) is 13.2 Å². The molecule has 3 nitrogen and oxygen atoms in total. The molecule has 35 heavy (non-hydrogen) atoms. The van der Waals surface area contributed by atoms with Crippen molar-refractivity contribution in [3.8, 4) is 0 Å². The van der Waals surface area contributed by atoms with Gasteiger partial charge in [-0.25, -0.2) is 0 Å². The Hall–Kier alpha value is -3.35. The summed E-state index contributed by atoms with van der Waals surface area (Å²) in [5.74, 6) is 0. The Labute approximate surface area is 210 Å². The summed E-state index contributed by atoms with van der Waals surface area (Å²) >= 11 is 6.00. The first-order chi connectivity index (χ1) is 16.7. The lowest BCUT2D eigenvalue weighted by Crippen LogP contribution is -2.36. The van der Waals surface area contributed by atoms with Crippen molar-refractivity contribution in [3.05, 3.63) is 125 Å². The lowest BCUT2D eigenvalue weighted by atomic mass is 10.0. The van der Waals surface area contributed by atoms with Crippen LogP contribution >= 0.6 is 11.6 Å². The molecule has 0 saturated carbocycles. The molecule has 0 aliphatic heterocycles. The molecule has 1 unspecified atom stereocenters. The highest BCUT2D eigenvalue weighted by Gasteiger charge is 2.29. The summed E-state index contributed by atoms with van der Waals surface area (Å²) in [6, 6.07) is 23.2. The van der Waals surface area contributed by atoms with Crippen LogP contribution in [0.2, 0.25) is 5.02 Å². The molecule has 2 N–H and O–H groups in total. The van der Waals surface area contributed by atoms with Gasteiger partial charge in [0.2, 0.25) is 0 Å². The summed E-state index contributed by atoms with van der Waals surface area (Å²) in [5, 5.41) is 7.49. The van der Waals surface area contributed by atoms with Gasteiger partial charge >= 0.3 is 6.18 Å². The lowest BCUT2D eigenvalue weighted by Gasteiger charge is -2.20. The highest BCUT2D eigenvalue weighted by molar-refractivity contribution is 6.30. The number of halogens is 4. The van der Waals surface area contributed by atoms with Crippen LogP contribution in [0, 0.1) is 6.92 Å². The fraction of sp³-hybridized carbons (Fsp3) is 0.179. The lowest BCUT2D eigenvalue weighted by molar-refractivity contribution is -0.137. The van der Waals surface area contributed by atoms with Gasteiger partial charge < -0.3 is 5.32 Å². The molecule has 0 saturated heterocycles.